The van der Waals surface area contributed by atoms with Gasteiger partial charge in [-0.05, 0) is 32.5 Å². The molecule has 6 nitrogen and oxygen atoms in total. The Kier molecular flexibility index (Phi) is 11.8. The van der Waals surface area contributed by atoms with Gasteiger partial charge in [-0.15, -0.1) is 0 Å². The van der Waals surface area contributed by atoms with Crippen LogP contribution in [0.2, 0.25) is 25.2 Å². The van der Waals surface area contributed by atoms with Crippen LogP contribution < -0.4 is 0 Å². The Morgan fingerprint density at radius 2 is 1.27 bits per heavy atom. The first kappa shape index (κ1) is 22.2. The van der Waals surface area contributed by atoms with E-state index >= 15 is 0 Å². The van der Waals surface area contributed by atoms with E-state index in [9.17, 15) is 0 Å². The maximum atomic E-state index is 5.75. The Hall–Kier alpha value is 0.194. The van der Waals surface area contributed by atoms with Crippen molar-refractivity contribution in [3.63, 3.8) is 0 Å². The van der Waals surface area contributed by atoms with E-state index in [0.717, 1.165) is 18.5 Å². The third kappa shape index (κ3) is 9.36. The van der Waals surface area contributed by atoms with Gasteiger partial charge in [-0.1, -0.05) is 0 Å². The van der Waals surface area contributed by atoms with Gasteiger partial charge in [0.05, 0.1) is 12.7 Å². The highest BCUT2D eigenvalue weighted by Crippen LogP contribution is 2.14. The Morgan fingerprint density at radius 1 is 0.773 bits per heavy atom. The average Bonchev–Trinajstić information content (AvgIpc) is 2.55. The molecular formula is C14H34O6Si2. The van der Waals surface area contributed by atoms with Crippen molar-refractivity contribution in [1.29, 1.82) is 0 Å². The fourth-order valence-corrected chi connectivity index (χ4v) is 4.26. The maximum absolute atomic E-state index is 5.75. The highest BCUT2D eigenvalue weighted by Gasteiger charge is 2.28. The summed E-state index contributed by atoms with van der Waals surface area (Å²) in [4.78, 5) is 0. The molecule has 8 heteroatoms. The molecule has 0 aromatic heterocycles. The predicted octanol–water partition coefficient (Wildman–Crippen LogP) is 2.53. The number of hydrogen-bond donors (Lipinski definition) is 0. The van der Waals surface area contributed by atoms with Crippen LogP contribution in [-0.4, -0.2) is 71.5 Å². The summed E-state index contributed by atoms with van der Waals surface area (Å²) in [5.74, 6) is 0. The minimum Gasteiger partial charge on any atom is -0.398 e. The molecule has 0 aliphatic rings. The molecule has 0 heterocycles. The minimum absolute atomic E-state index is 0.0797. The first-order valence-electron chi connectivity index (χ1n) is 7.74. The van der Waals surface area contributed by atoms with Gasteiger partial charge in [-0.3, -0.25) is 0 Å². The normalized spacial score (nSPS) is 14.3. The standard InChI is InChI=1S/C14H34O6Si2/c1-14(13-19-10-12-22(7,17-4)18-5)20-9-8-11-21(6,15-2)16-3/h14H,8-13H2,1-7H3. The third-order valence-corrected chi connectivity index (χ3v) is 9.79. The van der Waals surface area contributed by atoms with Gasteiger partial charge in [0, 0.05) is 47.7 Å². The quantitative estimate of drug-likeness (QED) is 0.353. The zero-order chi connectivity index (χ0) is 17.1. The van der Waals surface area contributed by atoms with E-state index in [0.29, 0.717) is 19.8 Å². The molecule has 0 saturated heterocycles. The van der Waals surface area contributed by atoms with Crippen LogP contribution in [0.25, 0.3) is 0 Å². The Balaban J connectivity index is 3.69. The fraction of sp³-hybridized carbons (Fsp3) is 1.00. The van der Waals surface area contributed by atoms with Gasteiger partial charge in [0.2, 0.25) is 0 Å². The van der Waals surface area contributed by atoms with Crippen molar-refractivity contribution >= 4 is 17.1 Å². The molecule has 0 spiro atoms. The van der Waals surface area contributed by atoms with Crippen LogP contribution in [0.5, 0.6) is 0 Å². The van der Waals surface area contributed by atoms with Gasteiger partial charge >= 0.3 is 17.1 Å². The lowest BCUT2D eigenvalue weighted by Crippen LogP contribution is -2.37. The van der Waals surface area contributed by atoms with Crippen molar-refractivity contribution in [2.45, 2.75) is 44.6 Å². The van der Waals surface area contributed by atoms with Gasteiger partial charge in [-0.25, -0.2) is 0 Å². The van der Waals surface area contributed by atoms with Crippen LogP contribution in [0, 0.1) is 0 Å². The van der Waals surface area contributed by atoms with Gasteiger partial charge in [0.1, 0.15) is 0 Å². The van der Waals surface area contributed by atoms with E-state index in [1.807, 2.05) is 13.5 Å². The van der Waals surface area contributed by atoms with Crippen molar-refractivity contribution in [3.05, 3.63) is 0 Å². The van der Waals surface area contributed by atoms with Gasteiger partial charge in [0.25, 0.3) is 0 Å². The van der Waals surface area contributed by atoms with E-state index in [4.69, 9.17) is 27.2 Å². The monoisotopic (exact) mass is 354 g/mol. The largest absolute Gasteiger partial charge is 0.398 e. The number of hydrogen-bond acceptors (Lipinski definition) is 6. The summed E-state index contributed by atoms with van der Waals surface area (Å²) in [5.41, 5.74) is 0. The fourth-order valence-electron chi connectivity index (χ4n) is 1.81. The molecule has 0 saturated carbocycles. The smallest absolute Gasteiger partial charge is 0.336 e. The van der Waals surface area contributed by atoms with E-state index in [1.54, 1.807) is 28.4 Å². The second kappa shape index (κ2) is 11.7. The average molecular weight is 355 g/mol. The van der Waals surface area contributed by atoms with Crippen molar-refractivity contribution < 1.29 is 27.2 Å². The van der Waals surface area contributed by atoms with Crippen LogP contribution in [0.1, 0.15) is 13.3 Å². The van der Waals surface area contributed by atoms with Crippen LogP contribution >= 0.6 is 0 Å². The van der Waals surface area contributed by atoms with Crippen LogP contribution in [0.15, 0.2) is 0 Å². The molecule has 0 N–H and O–H groups in total. The lowest BCUT2D eigenvalue weighted by molar-refractivity contribution is -0.00479. The SMILES string of the molecule is CO[Si](C)(CCCOC(C)COCC[Si](C)(OC)OC)OC. The van der Waals surface area contributed by atoms with Gasteiger partial charge in [-0.2, -0.15) is 0 Å². The first-order valence-corrected chi connectivity index (χ1v) is 12.8. The molecule has 0 radical (unpaired) electrons. The topological polar surface area (TPSA) is 55.4 Å². The lowest BCUT2D eigenvalue weighted by atomic mass is 10.4. The summed E-state index contributed by atoms with van der Waals surface area (Å²) in [6.07, 6.45) is 1.02. The van der Waals surface area contributed by atoms with E-state index in [1.165, 1.54) is 0 Å². The van der Waals surface area contributed by atoms with Crippen LogP contribution in [0.3, 0.4) is 0 Å². The molecule has 0 fully saturated rings. The predicted molar refractivity (Wildman–Crippen MR) is 91.7 cm³/mol. The van der Waals surface area contributed by atoms with E-state index < -0.39 is 17.1 Å². The summed E-state index contributed by atoms with van der Waals surface area (Å²) in [6.45, 7) is 8.03. The van der Waals surface area contributed by atoms with E-state index in [-0.39, 0.29) is 6.10 Å². The number of rotatable bonds is 14. The Labute approximate surface area is 137 Å². The molecule has 134 valence electrons. The molecule has 0 aromatic carbocycles. The number of ether oxygens (including phenoxy) is 2. The maximum Gasteiger partial charge on any atom is 0.336 e. The molecule has 0 rings (SSSR count). The van der Waals surface area contributed by atoms with Crippen LogP contribution in [-0.2, 0) is 27.2 Å². The van der Waals surface area contributed by atoms with Gasteiger partial charge in [0.15, 0.2) is 0 Å². The lowest BCUT2D eigenvalue weighted by Gasteiger charge is -2.23. The second-order valence-electron chi connectivity index (χ2n) is 5.69. The molecule has 0 aliphatic carbocycles. The zero-order valence-corrected chi connectivity index (χ0v) is 17.3. The van der Waals surface area contributed by atoms with Crippen molar-refractivity contribution in [2.24, 2.45) is 0 Å². The minimum atomic E-state index is -2.02. The highest BCUT2D eigenvalue weighted by molar-refractivity contribution is 6.66. The van der Waals surface area contributed by atoms with Crippen LogP contribution in [0.4, 0.5) is 0 Å². The third-order valence-electron chi connectivity index (χ3n) is 3.96. The molecule has 0 aromatic rings. The molecule has 1 atom stereocenters. The molecule has 0 amide bonds. The summed E-state index contributed by atoms with van der Waals surface area (Å²) >= 11 is 0. The molecule has 1 unspecified atom stereocenters. The molecule has 22 heavy (non-hydrogen) atoms. The highest BCUT2D eigenvalue weighted by atomic mass is 28.4. The Bertz CT molecular complexity index is 246. The van der Waals surface area contributed by atoms with E-state index in [2.05, 4.69) is 6.55 Å². The molecular weight excluding hydrogens is 320 g/mol. The summed E-state index contributed by atoms with van der Waals surface area (Å²) in [5, 5.41) is 0. The first-order chi connectivity index (χ1) is 10.3. The summed E-state index contributed by atoms with van der Waals surface area (Å²) in [6, 6.07) is 1.75. The summed E-state index contributed by atoms with van der Waals surface area (Å²) < 4.78 is 33.1. The van der Waals surface area contributed by atoms with Crippen molar-refractivity contribution in [3.8, 4) is 0 Å². The van der Waals surface area contributed by atoms with Crippen molar-refractivity contribution in [2.75, 3.05) is 48.3 Å². The van der Waals surface area contributed by atoms with Gasteiger partial charge < -0.3 is 27.2 Å². The molecule has 0 aliphatic heterocycles. The Morgan fingerprint density at radius 3 is 1.77 bits per heavy atom. The molecule has 0 bridgehead atoms. The zero-order valence-electron chi connectivity index (χ0n) is 15.3. The second-order valence-corrected chi connectivity index (χ2v) is 12.9. The van der Waals surface area contributed by atoms with Crippen molar-refractivity contribution in [1.82, 2.24) is 0 Å². The summed E-state index contributed by atoms with van der Waals surface area (Å²) in [7, 11) is 2.83.